The molecule has 1 aliphatic heterocycles. The first kappa shape index (κ1) is 17.1. The van der Waals surface area contributed by atoms with E-state index in [2.05, 4.69) is 15.3 Å². The number of nitrogens with one attached hydrogen (secondary N) is 2. The Morgan fingerprint density at radius 3 is 2.72 bits per heavy atom. The molecule has 0 atom stereocenters. The van der Waals surface area contributed by atoms with Crippen LogP contribution in [0.5, 0.6) is 0 Å². The molecule has 1 aliphatic rings. The first-order chi connectivity index (χ1) is 12.0. The third-order valence-electron chi connectivity index (χ3n) is 4.50. The first-order valence-corrected chi connectivity index (χ1v) is 8.56. The molecule has 1 saturated heterocycles. The highest BCUT2D eigenvalue weighted by Crippen LogP contribution is 2.13. The van der Waals surface area contributed by atoms with Crippen LogP contribution in [0.15, 0.2) is 29.1 Å². The van der Waals surface area contributed by atoms with Crippen molar-refractivity contribution in [1.82, 2.24) is 20.2 Å². The Morgan fingerprint density at radius 1 is 1.28 bits per heavy atom. The number of rotatable bonds is 4. The van der Waals surface area contributed by atoms with E-state index >= 15 is 0 Å². The molecule has 0 unspecified atom stereocenters. The third-order valence-corrected chi connectivity index (χ3v) is 4.50. The lowest BCUT2D eigenvalue weighted by Crippen LogP contribution is -2.46. The van der Waals surface area contributed by atoms with Crippen LogP contribution in [-0.2, 0) is 16.0 Å². The molecule has 0 spiro atoms. The monoisotopic (exact) mass is 342 g/mol. The van der Waals surface area contributed by atoms with Gasteiger partial charge in [0.05, 0.1) is 11.0 Å². The number of amides is 2. The molecular weight excluding hydrogens is 320 g/mol. The van der Waals surface area contributed by atoms with Crippen molar-refractivity contribution in [3.63, 3.8) is 0 Å². The standard InChI is InChI=1S/C18H22N4O3/c1-12(23)19-13-8-10-22(11-9-13)17(24)7-6-16-18(25)21-15-5-3-2-4-14(15)20-16/h2-5,13H,6-11H2,1H3,(H,19,23)(H,21,25). The lowest BCUT2D eigenvalue weighted by atomic mass is 10.0. The highest BCUT2D eigenvalue weighted by molar-refractivity contribution is 5.77. The second-order valence-electron chi connectivity index (χ2n) is 6.39. The van der Waals surface area contributed by atoms with Gasteiger partial charge >= 0.3 is 0 Å². The van der Waals surface area contributed by atoms with E-state index in [4.69, 9.17) is 0 Å². The Bertz CT molecular complexity index is 838. The minimum absolute atomic E-state index is 0.0237. The summed E-state index contributed by atoms with van der Waals surface area (Å²) in [5.41, 5.74) is 1.57. The van der Waals surface area contributed by atoms with E-state index in [0.29, 0.717) is 30.7 Å². The summed E-state index contributed by atoms with van der Waals surface area (Å²) in [6, 6.07) is 7.49. The van der Waals surface area contributed by atoms with Gasteiger partial charge in [-0.2, -0.15) is 0 Å². The van der Waals surface area contributed by atoms with E-state index in [1.54, 1.807) is 11.0 Å². The quantitative estimate of drug-likeness (QED) is 0.866. The minimum Gasteiger partial charge on any atom is -0.353 e. The summed E-state index contributed by atoms with van der Waals surface area (Å²) >= 11 is 0. The number of hydrogen-bond donors (Lipinski definition) is 2. The molecule has 1 fully saturated rings. The van der Waals surface area contributed by atoms with E-state index < -0.39 is 0 Å². The van der Waals surface area contributed by atoms with Gasteiger partial charge in [-0.15, -0.1) is 0 Å². The van der Waals surface area contributed by atoms with Crippen LogP contribution >= 0.6 is 0 Å². The number of piperidine rings is 1. The Labute approximate surface area is 145 Å². The van der Waals surface area contributed by atoms with Gasteiger partial charge in [0.25, 0.3) is 5.56 Å². The summed E-state index contributed by atoms with van der Waals surface area (Å²) in [6.45, 7) is 2.77. The number of fused-ring (bicyclic) bond motifs is 1. The highest BCUT2D eigenvalue weighted by atomic mass is 16.2. The van der Waals surface area contributed by atoms with Gasteiger partial charge in [-0.3, -0.25) is 14.4 Å². The fourth-order valence-corrected chi connectivity index (χ4v) is 3.18. The summed E-state index contributed by atoms with van der Waals surface area (Å²) in [4.78, 5) is 44.5. The smallest absolute Gasteiger partial charge is 0.270 e. The molecular formula is C18H22N4O3. The van der Waals surface area contributed by atoms with Crippen LogP contribution in [-0.4, -0.2) is 45.8 Å². The Balaban J connectivity index is 1.57. The third kappa shape index (κ3) is 4.23. The second-order valence-corrected chi connectivity index (χ2v) is 6.39. The maximum Gasteiger partial charge on any atom is 0.270 e. The number of carbonyl (C=O) groups is 2. The summed E-state index contributed by atoms with van der Waals surface area (Å²) in [5.74, 6) is -0.0120. The number of nitrogens with zero attached hydrogens (tertiary/aromatic N) is 2. The van der Waals surface area contributed by atoms with Crippen LogP contribution in [0.2, 0.25) is 0 Å². The van der Waals surface area contributed by atoms with E-state index in [1.165, 1.54) is 6.92 Å². The first-order valence-electron chi connectivity index (χ1n) is 8.56. The van der Waals surface area contributed by atoms with Crippen LogP contribution in [0.1, 0.15) is 31.9 Å². The topological polar surface area (TPSA) is 95.2 Å². The molecule has 0 saturated carbocycles. The number of aromatic amines is 1. The molecule has 0 aliphatic carbocycles. The molecule has 3 rings (SSSR count). The van der Waals surface area contributed by atoms with Gasteiger partial charge in [-0.05, 0) is 25.0 Å². The van der Waals surface area contributed by atoms with Gasteiger partial charge in [0, 0.05) is 38.9 Å². The zero-order chi connectivity index (χ0) is 17.8. The lowest BCUT2D eigenvalue weighted by Gasteiger charge is -2.32. The summed E-state index contributed by atoms with van der Waals surface area (Å²) in [7, 11) is 0. The molecule has 25 heavy (non-hydrogen) atoms. The fraction of sp³-hybridized carbons (Fsp3) is 0.444. The van der Waals surface area contributed by atoms with E-state index in [9.17, 15) is 14.4 Å². The number of aryl methyl sites for hydroxylation is 1. The fourth-order valence-electron chi connectivity index (χ4n) is 3.18. The van der Waals surface area contributed by atoms with Gasteiger partial charge in [0.2, 0.25) is 11.8 Å². The number of para-hydroxylation sites is 2. The van der Waals surface area contributed by atoms with Crippen LogP contribution in [0.25, 0.3) is 11.0 Å². The van der Waals surface area contributed by atoms with Crippen molar-refractivity contribution < 1.29 is 9.59 Å². The Morgan fingerprint density at radius 2 is 2.00 bits per heavy atom. The molecule has 7 heteroatoms. The second kappa shape index (κ2) is 7.46. The molecule has 2 amide bonds. The van der Waals surface area contributed by atoms with Crippen molar-refractivity contribution in [3.8, 4) is 0 Å². The number of benzene rings is 1. The van der Waals surface area contributed by atoms with E-state index in [0.717, 1.165) is 18.4 Å². The average Bonchev–Trinajstić information content (AvgIpc) is 2.59. The number of hydrogen-bond acceptors (Lipinski definition) is 4. The Kier molecular flexibility index (Phi) is 5.11. The van der Waals surface area contributed by atoms with Gasteiger partial charge in [-0.1, -0.05) is 12.1 Å². The van der Waals surface area contributed by atoms with Crippen molar-refractivity contribution in [1.29, 1.82) is 0 Å². The number of likely N-dealkylation sites (tertiary alicyclic amines) is 1. The van der Waals surface area contributed by atoms with E-state index in [1.807, 2.05) is 18.2 Å². The molecule has 0 radical (unpaired) electrons. The molecule has 132 valence electrons. The minimum atomic E-state index is -0.240. The van der Waals surface area contributed by atoms with Gasteiger partial charge < -0.3 is 15.2 Å². The molecule has 1 aromatic heterocycles. The van der Waals surface area contributed by atoms with Crippen molar-refractivity contribution in [3.05, 3.63) is 40.3 Å². The molecule has 0 bridgehead atoms. The normalized spacial score (nSPS) is 15.3. The molecule has 2 heterocycles. The number of carbonyl (C=O) groups excluding carboxylic acids is 2. The molecule has 7 nitrogen and oxygen atoms in total. The van der Waals surface area contributed by atoms with Gasteiger partial charge in [0.15, 0.2) is 0 Å². The van der Waals surface area contributed by atoms with Crippen molar-refractivity contribution >= 4 is 22.8 Å². The lowest BCUT2D eigenvalue weighted by molar-refractivity contribution is -0.132. The number of aromatic nitrogens is 2. The predicted molar refractivity (Wildman–Crippen MR) is 94.1 cm³/mol. The maximum atomic E-state index is 12.4. The van der Waals surface area contributed by atoms with Gasteiger partial charge in [0.1, 0.15) is 5.69 Å². The SMILES string of the molecule is CC(=O)NC1CCN(C(=O)CCc2nc3ccccc3[nH]c2=O)CC1. The van der Waals surface area contributed by atoms with Crippen LogP contribution in [0.3, 0.4) is 0 Å². The zero-order valence-electron chi connectivity index (χ0n) is 14.2. The van der Waals surface area contributed by atoms with Gasteiger partial charge in [-0.25, -0.2) is 4.98 Å². The van der Waals surface area contributed by atoms with Crippen LogP contribution in [0.4, 0.5) is 0 Å². The summed E-state index contributed by atoms with van der Waals surface area (Å²) < 4.78 is 0. The molecule has 2 N–H and O–H groups in total. The number of H-pyrrole nitrogens is 1. The van der Waals surface area contributed by atoms with Crippen LogP contribution < -0.4 is 10.9 Å². The highest BCUT2D eigenvalue weighted by Gasteiger charge is 2.23. The summed E-state index contributed by atoms with van der Waals surface area (Å²) in [6.07, 6.45) is 2.12. The van der Waals surface area contributed by atoms with Crippen molar-refractivity contribution in [2.24, 2.45) is 0 Å². The van der Waals surface area contributed by atoms with Crippen molar-refractivity contribution in [2.75, 3.05) is 13.1 Å². The Hall–Kier alpha value is -2.70. The van der Waals surface area contributed by atoms with Crippen molar-refractivity contribution in [2.45, 2.75) is 38.6 Å². The summed E-state index contributed by atoms with van der Waals surface area (Å²) in [5, 5.41) is 2.89. The average molecular weight is 342 g/mol. The predicted octanol–water partition coefficient (Wildman–Crippen LogP) is 0.983. The largest absolute Gasteiger partial charge is 0.353 e. The van der Waals surface area contributed by atoms with E-state index in [-0.39, 0.29) is 29.8 Å². The molecule has 1 aromatic carbocycles. The van der Waals surface area contributed by atoms with Crippen LogP contribution in [0, 0.1) is 0 Å². The molecule has 2 aromatic rings. The maximum absolute atomic E-state index is 12.4. The zero-order valence-corrected chi connectivity index (χ0v) is 14.2.